The Balaban J connectivity index is 0.00000216. The van der Waals surface area contributed by atoms with Gasteiger partial charge in [-0.05, 0) is 60.7 Å². The van der Waals surface area contributed by atoms with E-state index in [9.17, 15) is 9.18 Å². The maximum atomic E-state index is 13.7. The fourth-order valence-corrected chi connectivity index (χ4v) is 5.06. The van der Waals surface area contributed by atoms with Gasteiger partial charge in [-0.3, -0.25) is 9.69 Å². The van der Waals surface area contributed by atoms with E-state index in [1.165, 1.54) is 17.1 Å². The van der Waals surface area contributed by atoms with Gasteiger partial charge in [-0.15, -0.1) is 0 Å². The summed E-state index contributed by atoms with van der Waals surface area (Å²) < 4.78 is 24.8. The molecule has 0 aromatic heterocycles. The first-order valence-corrected chi connectivity index (χ1v) is 13.9. The van der Waals surface area contributed by atoms with E-state index in [4.69, 9.17) is 21.1 Å². The van der Waals surface area contributed by atoms with Gasteiger partial charge in [0.2, 0.25) is 0 Å². The predicted molar refractivity (Wildman–Crippen MR) is 160 cm³/mol. The maximum absolute atomic E-state index is 13.7. The molecule has 0 aliphatic carbocycles. The second kappa shape index (κ2) is 14.1. The van der Waals surface area contributed by atoms with Crippen LogP contribution in [0.1, 0.15) is 66.5 Å². The van der Waals surface area contributed by atoms with Crippen molar-refractivity contribution >= 4 is 17.3 Å². The van der Waals surface area contributed by atoms with E-state index in [-0.39, 0.29) is 24.1 Å². The number of nitrogen functional groups attached to an aromatic ring is 1. The van der Waals surface area contributed by atoms with Gasteiger partial charge in [0.05, 0.1) is 24.4 Å². The number of rotatable bonds is 8. The molecular weight excluding hydrogens is 507 g/mol. The average molecular weight is 551 g/mol. The number of halogens is 1. The lowest BCUT2D eigenvalue weighted by Gasteiger charge is -2.25. The van der Waals surface area contributed by atoms with E-state index in [0.29, 0.717) is 37.7 Å². The minimum Gasteiger partial charge on any atom is -0.492 e. The van der Waals surface area contributed by atoms with Crippen molar-refractivity contribution < 1.29 is 18.7 Å². The number of ether oxygens (including phenoxy) is 2. The smallest absolute Gasteiger partial charge is 0.306 e. The molecule has 1 unspecified atom stereocenters. The number of hydrogen-bond donors (Lipinski definition) is 2. The third kappa shape index (κ3) is 7.31. The van der Waals surface area contributed by atoms with Crippen molar-refractivity contribution in [2.24, 2.45) is 5.84 Å². The van der Waals surface area contributed by atoms with Crippen LogP contribution >= 0.6 is 0 Å². The maximum Gasteiger partial charge on any atom is 0.306 e. The molecular formula is C32H43FN4O3. The lowest BCUT2D eigenvalue weighted by molar-refractivity contribution is -0.143. The summed E-state index contributed by atoms with van der Waals surface area (Å²) in [6.45, 7) is 12.7. The number of carbonyl (C=O) groups is 1. The van der Waals surface area contributed by atoms with Crippen LogP contribution in [0.5, 0.6) is 5.75 Å². The SMILES string of the molecule is CC.CCOC(=O)CC(c1ccc(C)c(CN2CCOc3cc(F)ccc3C2)c1)c1ccc(N(C)N)c(N)c1C. The molecule has 8 heteroatoms. The number of nitrogens with two attached hydrogens (primary N) is 2. The van der Waals surface area contributed by atoms with E-state index in [1.54, 1.807) is 13.1 Å². The molecule has 4 rings (SSSR count). The van der Waals surface area contributed by atoms with Gasteiger partial charge in [0.25, 0.3) is 0 Å². The van der Waals surface area contributed by atoms with Crippen molar-refractivity contribution in [1.82, 2.24) is 4.90 Å². The van der Waals surface area contributed by atoms with Crippen LogP contribution in [-0.4, -0.2) is 37.7 Å². The molecule has 4 N–H and O–H groups in total. The number of anilines is 2. The summed E-state index contributed by atoms with van der Waals surface area (Å²) in [7, 11) is 1.75. The van der Waals surface area contributed by atoms with Gasteiger partial charge >= 0.3 is 5.97 Å². The predicted octanol–water partition coefficient (Wildman–Crippen LogP) is 5.84. The molecule has 216 valence electrons. The summed E-state index contributed by atoms with van der Waals surface area (Å²) >= 11 is 0. The normalized spacial score (nSPS) is 13.7. The number of hydrogen-bond acceptors (Lipinski definition) is 7. The molecule has 40 heavy (non-hydrogen) atoms. The van der Waals surface area contributed by atoms with Crippen molar-refractivity contribution in [2.75, 3.05) is 37.5 Å². The van der Waals surface area contributed by atoms with Crippen LogP contribution in [0.3, 0.4) is 0 Å². The standard InChI is InChI=1S/C30H37FN4O3.C2H6/c1-5-37-29(36)16-26(25-10-11-27(34(4)33)30(32)20(25)3)21-7-6-19(2)23(14-21)18-35-12-13-38-28-15-24(31)9-8-22(28)17-35;1-2/h6-11,14-15,26H,5,12-13,16-18,32-33H2,1-4H3;1-2H3. The highest BCUT2D eigenvalue weighted by Gasteiger charge is 2.24. The molecule has 1 atom stereocenters. The van der Waals surface area contributed by atoms with Crippen molar-refractivity contribution in [2.45, 2.75) is 60.0 Å². The topological polar surface area (TPSA) is 94.0 Å². The van der Waals surface area contributed by atoms with Gasteiger partial charge in [-0.2, -0.15) is 0 Å². The zero-order chi connectivity index (χ0) is 29.4. The van der Waals surface area contributed by atoms with E-state index in [1.807, 2.05) is 39.8 Å². The van der Waals surface area contributed by atoms with Gasteiger partial charge in [0, 0.05) is 44.2 Å². The Morgan fingerprint density at radius 1 is 1.15 bits per heavy atom. The van der Waals surface area contributed by atoms with Crippen LogP contribution in [-0.2, 0) is 22.6 Å². The Kier molecular flexibility index (Phi) is 10.9. The average Bonchev–Trinajstić information content (AvgIpc) is 3.13. The lowest BCUT2D eigenvalue weighted by Crippen LogP contribution is -2.26. The molecule has 0 spiro atoms. The monoisotopic (exact) mass is 550 g/mol. The molecule has 3 aromatic carbocycles. The van der Waals surface area contributed by atoms with Crippen LogP contribution < -0.4 is 21.3 Å². The molecule has 0 saturated carbocycles. The quantitative estimate of drug-likeness (QED) is 0.157. The Labute approximate surface area is 237 Å². The molecule has 0 amide bonds. The van der Waals surface area contributed by atoms with Crippen molar-refractivity contribution in [3.05, 3.63) is 87.7 Å². The third-order valence-electron chi connectivity index (χ3n) is 7.22. The minimum absolute atomic E-state index is 0.199. The van der Waals surface area contributed by atoms with Gasteiger partial charge in [0.15, 0.2) is 0 Å². The van der Waals surface area contributed by atoms with Gasteiger partial charge in [-0.1, -0.05) is 44.2 Å². The summed E-state index contributed by atoms with van der Waals surface area (Å²) in [5.41, 5.74) is 13.9. The Morgan fingerprint density at radius 2 is 1.90 bits per heavy atom. The number of fused-ring (bicyclic) bond motifs is 1. The molecule has 1 aliphatic rings. The molecule has 0 fully saturated rings. The zero-order valence-corrected chi connectivity index (χ0v) is 24.6. The Morgan fingerprint density at radius 3 is 2.60 bits per heavy atom. The number of hydrazine groups is 1. The number of nitrogens with zero attached hydrogens (tertiary/aromatic N) is 2. The molecule has 1 heterocycles. The molecule has 0 saturated heterocycles. The first-order chi connectivity index (χ1) is 19.2. The van der Waals surface area contributed by atoms with Gasteiger partial charge in [0.1, 0.15) is 18.2 Å². The molecule has 1 aliphatic heterocycles. The minimum atomic E-state index is -0.296. The summed E-state index contributed by atoms with van der Waals surface area (Å²) in [6, 6.07) is 14.9. The van der Waals surface area contributed by atoms with Crippen molar-refractivity contribution in [3.63, 3.8) is 0 Å². The fraction of sp³-hybridized carbons (Fsp3) is 0.406. The van der Waals surface area contributed by atoms with E-state index < -0.39 is 0 Å². The zero-order valence-electron chi connectivity index (χ0n) is 24.6. The van der Waals surface area contributed by atoms with Crippen LogP contribution in [0.4, 0.5) is 15.8 Å². The molecule has 0 radical (unpaired) electrons. The van der Waals surface area contributed by atoms with E-state index in [0.717, 1.165) is 45.6 Å². The third-order valence-corrected chi connectivity index (χ3v) is 7.22. The summed E-state index contributed by atoms with van der Waals surface area (Å²) in [6.07, 6.45) is 0.199. The van der Waals surface area contributed by atoms with E-state index >= 15 is 0 Å². The van der Waals surface area contributed by atoms with Gasteiger partial charge in [-0.25, -0.2) is 10.2 Å². The van der Waals surface area contributed by atoms with Crippen molar-refractivity contribution in [1.29, 1.82) is 0 Å². The largest absolute Gasteiger partial charge is 0.492 e. The van der Waals surface area contributed by atoms with Gasteiger partial charge < -0.3 is 20.2 Å². The Hall–Kier alpha value is -3.62. The second-order valence-corrected chi connectivity index (χ2v) is 9.88. The van der Waals surface area contributed by atoms with Crippen LogP contribution in [0.2, 0.25) is 0 Å². The first-order valence-electron chi connectivity index (χ1n) is 13.9. The summed E-state index contributed by atoms with van der Waals surface area (Å²) in [5, 5.41) is 1.49. The molecule has 0 bridgehead atoms. The first kappa shape index (κ1) is 30.9. The van der Waals surface area contributed by atoms with Crippen LogP contribution in [0, 0.1) is 19.7 Å². The van der Waals surface area contributed by atoms with Crippen LogP contribution in [0.25, 0.3) is 0 Å². The Bertz CT molecular complexity index is 1310. The highest BCUT2D eigenvalue weighted by atomic mass is 19.1. The van der Waals surface area contributed by atoms with Crippen molar-refractivity contribution in [3.8, 4) is 5.75 Å². The lowest BCUT2D eigenvalue weighted by atomic mass is 9.84. The molecule has 3 aromatic rings. The summed E-state index contributed by atoms with van der Waals surface area (Å²) in [4.78, 5) is 15.0. The van der Waals surface area contributed by atoms with Crippen LogP contribution in [0.15, 0.2) is 48.5 Å². The number of esters is 1. The number of aryl methyl sites for hydroxylation is 1. The summed E-state index contributed by atoms with van der Waals surface area (Å²) in [5.74, 6) is 5.78. The number of benzene rings is 3. The fourth-order valence-electron chi connectivity index (χ4n) is 5.06. The molecule has 7 nitrogen and oxygen atoms in total. The highest BCUT2D eigenvalue weighted by Crippen LogP contribution is 2.37. The number of carbonyl (C=O) groups excluding carboxylic acids is 1. The highest BCUT2D eigenvalue weighted by molar-refractivity contribution is 5.75. The second-order valence-electron chi connectivity index (χ2n) is 9.88. The van der Waals surface area contributed by atoms with E-state index in [2.05, 4.69) is 30.0 Å².